The number of carboxylic acid groups (broad SMARTS) is 1. The van der Waals surface area contributed by atoms with Crippen LogP contribution in [0.4, 0.5) is 4.79 Å². The van der Waals surface area contributed by atoms with Crippen molar-refractivity contribution in [2.24, 2.45) is 0 Å². The molecule has 1 aliphatic rings. The smallest absolute Gasteiger partial charge is 0.410 e. The number of phenolic OH excluding ortho intramolecular Hbond substituents is 1. The number of ether oxygens (including phenoxy) is 1. The van der Waals surface area contributed by atoms with E-state index in [0.29, 0.717) is 5.69 Å². The molecular formula is C19H23N3O6. The minimum Gasteiger partial charge on any atom is -0.508 e. The third-order valence-electron chi connectivity index (χ3n) is 4.48. The molecule has 2 N–H and O–H groups in total. The molecule has 3 rings (SSSR count). The summed E-state index contributed by atoms with van der Waals surface area (Å²) in [6.45, 7) is 7.12. The van der Waals surface area contributed by atoms with Crippen LogP contribution in [0.2, 0.25) is 0 Å². The Morgan fingerprint density at radius 3 is 2.32 bits per heavy atom. The Balaban J connectivity index is 2.10. The third kappa shape index (κ3) is 3.47. The highest BCUT2D eigenvalue weighted by Crippen LogP contribution is 2.25. The zero-order valence-corrected chi connectivity index (χ0v) is 16.2. The molecule has 0 saturated heterocycles. The standard InChI is InChI=1S/C19H23N3O6/c1-11-9-21-14(10-20(11)18(27)28-19(2,3)4)15(16(24)25)22(17(21)26)12-5-7-13(23)8-6-12/h5-8,11,23H,9-10H2,1-4H3,(H,24,25). The number of hydrogen-bond donors (Lipinski definition) is 2. The number of carboxylic acids is 1. The second kappa shape index (κ2) is 6.74. The van der Waals surface area contributed by atoms with Gasteiger partial charge in [0.1, 0.15) is 11.4 Å². The van der Waals surface area contributed by atoms with Crippen LogP contribution < -0.4 is 5.69 Å². The van der Waals surface area contributed by atoms with Gasteiger partial charge in [-0.3, -0.25) is 14.0 Å². The highest BCUT2D eigenvalue weighted by atomic mass is 16.6. The number of amides is 1. The largest absolute Gasteiger partial charge is 0.508 e. The van der Waals surface area contributed by atoms with Crippen LogP contribution in [0.3, 0.4) is 0 Å². The lowest BCUT2D eigenvalue weighted by Crippen LogP contribution is -2.48. The number of phenols is 1. The lowest BCUT2D eigenvalue weighted by molar-refractivity contribution is 0.00937. The number of rotatable bonds is 2. The summed E-state index contributed by atoms with van der Waals surface area (Å²) in [5.74, 6) is -1.28. The average molecular weight is 389 g/mol. The summed E-state index contributed by atoms with van der Waals surface area (Å²) in [5, 5.41) is 19.2. The summed E-state index contributed by atoms with van der Waals surface area (Å²) >= 11 is 0. The third-order valence-corrected chi connectivity index (χ3v) is 4.48. The number of aromatic nitrogens is 2. The zero-order valence-electron chi connectivity index (χ0n) is 16.2. The normalized spacial score (nSPS) is 16.6. The Hall–Kier alpha value is -3.23. The van der Waals surface area contributed by atoms with Gasteiger partial charge in [-0.25, -0.2) is 14.4 Å². The van der Waals surface area contributed by atoms with Crippen molar-refractivity contribution in [3.63, 3.8) is 0 Å². The Kier molecular flexibility index (Phi) is 4.70. The van der Waals surface area contributed by atoms with Gasteiger partial charge >= 0.3 is 17.8 Å². The molecule has 9 nitrogen and oxygen atoms in total. The molecule has 0 saturated carbocycles. The van der Waals surface area contributed by atoms with Crippen LogP contribution in [0.5, 0.6) is 5.75 Å². The first-order valence-electron chi connectivity index (χ1n) is 8.86. The van der Waals surface area contributed by atoms with Crippen LogP contribution in [0.25, 0.3) is 5.69 Å². The highest BCUT2D eigenvalue weighted by molar-refractivity contribution is 5.88. The fraction of sp³-hybridized carbons (Fsp3) is 0.421. The van der Waals surface area contributed by atoms with E-state index in [4.69, 9.17) is 4.74 Å². The molecule has 0 spiro atoms. The van der Waals surface area contributed by atoms with Gasteiger partial charge in [0.2, 0.25) is 0 Å². The second-order valence-corrected chi connectivity index (χ2v) is 7.80. The molecule has 1 unspecified atom stereocenters. The molecular weight excluding hydrogens is 366 g/mol. The predicted molar refractivity (Wildman–Crippen MR) is 99.9 cm³/mol. The molecule has 1 aliphatic heterocycles. The van der Waals surface area contributed by atoms with Gasteiger partial charge in [0.25, 0.3) is 0 Å². The monoisotopic (exact) mass is 389 g/mol. The number of aromatic hydroxyl groups is 1. The molecule has 0 radical (unpaired) electrons. The first-order chi connectivity index (χ1) is 13.0. The number of carbonyl (C=O) groups is 2. The summed E-state index contributed by atoms with van der Waals surface area (Å²) < 4.78 is 7.88. The van der Waals surface area contributed by atoms with E-state index in [0.717, 1.165) is 4.57 Å². The molecule has 0 fully saturated rings. The number of aromatic carboxylic acids is 1. The summed E-state index contributed by atoms with van der Waals surface area (Å²) in [7, 11) is 0. The molecule has 0 aliphatic carbocycles. The molecule has 1 aromatic heterocycles. The minimum atomic E-state index is -1.28. The second-order valence-electron chi connectivity index (χ2n) is 7.80. The van der Waals surface area contributed by atoms with Crippen LogP contribution in [-0.2, 0) is 17.8 Å². The van der Waals surface area contributed by atoms with Crippen molar-refractivity contribution >= 4 is 12.1 Å². The van der Waals surface area contributed by atoms with Crippen molar-refractivity contribution in [2.45, 2.75) is 52.4 Å². The summed E-state index contributed by atoms with van der Waals surface area (Å²) in [6.07, 6.45) is -0.563. The Labute approximate surface area is 161 Å². The predicted octanol–water partition coefficient (Wildman–Crippen LogP) is 2.18. The van der Waals surface area contributed by atoms with Gasteiger partial charge < -0.3 is 14.9 Å². The van der Waals surface area contributed by atoms with Crippen LogP contribution >= 0.6 is 0 Å². The maximum atomic E-state index is 12.9. The Morgan fingerprint density at radius 1 is 1.18 bits per heavy atom. The van der Waals surface area contributed by atoms with Crippen molar-refractivity contribution in [1.29, 1.82) is 0 Å². The van der Waals surface area contributed by atoms with E-state index in [1.807, 2.05) is 0 Å². The number of imidazole rings is 1. The van der Waals surface area contributed by atoms with E-state index >= 15 is 0 Å². The first kappa shape index (κ1) is 19.5. The Bertz CT molecular complexity index is 981. The average Bonchev–Trinajstić information content (AvgIpc) is 2.86. The van der Waals surface area contributed by atoms with Gasteiger partial charge in [0.15, 0.2) is 5.69 Å². The van der Waals surface area contributed by atoms with Crippen molar-refractivity contribution in [3.8, 4) is 11.4 Å². The summed E-state index contributed by atoms with van der Waals surface area (Å²) in [6, 6.07) is 5.32. The molecule has 9 heteroatoms. The fourth-order valence-corrected chi connectivity index (χ4v) is 3.24. The van der Waals surface area contributed by atoms with Gasteiger partial charge in [0.05, 0.1) is 24.0 Å². The van der Waals surface area contributed by atoms with Crippen molar-refractivity contribution < 1.29 is 24.5 Å². The quantitative estimate of drug-likeness (QED) is 0.814. The van der Waals surface area contributed by atoms with E-state index in [2.05, 4.69) is 0 Å². The van der Waals surface area contributed by atoms with Crippen LogP contribution in [-0.4, -0.2) is 48.0 Å². The van der Waals surface area contributed by atoms with E-state index in [9.17, 15) is 24.6 Å². The summed E-state index contributed by atoms with van der Waals surface area (Å²) in [4.78, 5) is 38.9. The summed E-state index contributed by atoms with van der Waals surface area (Å²) in [5.41, 5.74) is -0.861. The van der Waals surface area contributed by atoms with Crippen LogP contribution in [0, 0.1) is 0 Å². The minimum absolute atomic E-state index is 0.00219. The van der Waals surface area contributed by atoms with Crippen LogP contribution in [0.1, 0.15) is 43.9 Å². The number of nitrogens with zero attached hydrogens (tertiary/aromatic N) is 3. The molecule has 150 valence electrons. The van der Waals surface area contributed by atoms with Gasteiger partial charge in [-0.15, -0.1) is 0 Å². The molecule has 1 atom stereocenters. The van der Waals surface area contributed by atoms with E-state index in [1.165, 1.54) is 33.7 Å². The number of carbonyl (C=O) groups excluding carboxylic acids is 1. The molecule has 0 bridgehead atoms. The first-order valence-corrected chi connectivity index (χ1v) is 8.86. The van der Waals surface area contributed by atoms with Crippen LogP contribution in [0.15, 0.2) is 29.1 Å². The maximum absolute atomic E-state index is 12.9. The molecule has 1 amide bonds. The highest BCUT2D eigenvalue weighted by Gasteiger charge is 2.36. The number of benzene rings is 1. The molecule has 28 heavy (non-hydrogen) atoms. The Morgan fingerprint density at radius 2 is 1.79 bits per heavy atom. The lowest BCUT2D eigenvalue weighted by Gasteiger charge is -2.35. The maximum Gasteiger partial charge on any atom is 0.410 e. The van der Waals surface area contributed by atoms with Gasteiger partial charge in [0, 0.05) is 6.54 Å². The zero-order chi connectivity index (χ0) is 20.8. The lowest BCUT2D eigenvalue weighted by atomic mass is 10.1. The topological polar surface area (TPSA) is 114 Å². The van der Waals surface area contributed by atoms with Crippen molar-refractivity contribution in [3.05, 3.63) is 46.1 Å². The molecule has 2 aromatic rings. The van der Waals surface area contributed by atoms with Gasteiger partial charge in [-0.1, -0.05) is 0 Å². The number of hydrogen-bond acceptors (Lipinski definition) is 5. The fourth-order valence-electron chi connectivity index (χ4n) is 3.24. The van der Waals surface area contributed by atoms with E-state index in [-0.39, 0.29) is 36.3 Å². The number of fused-ring (bicyclic) bond motifs is 1. The SMILES string of the molecule is CC1Cn2c(c(C(=O)O)n(-c3ccc(O)cc3)c2=O)CN1C(=O)OC(C)(C)C. The van der Waals surface area contributed by atoms with Gasteiger partial charge in [-0.2, -0.15) is 0 Å². The van der Waals surface area contributed by atoms with Gasteiger partial charge in [-0.05, 0) is 52.0 Å². The van der Waals surface area contributed by atoms with E-state index < -0.39 is 23.4 Å². The van der Waals surface area contributed by atoms with Crippen molar-refractivity contribution in [1.82, 2.24) is 14.0 Å². The van der Waals surface area contributed by atoms with Crippen molar-refractivity contribution in [2.75, 3.05) is 0 Å². The molecule has 1 aromatic carbocycles. The van der Waals surface area contributed by atoms with E-state index in [1.54, 1.807) is 27.7 Å². The molecule has 2 heterocycles.